The first-order valence-corrected chi connectivity index (χ1v) is 11.0. The minimum absolute atomic E-state index is 0.0898. The van der Waals surface area contributed by atoms with E-state index in [0.29, 0.717) is 35.2 Å². The van der Waals surface area contributed by atoms with Crippen LogP contribution in [0.5, 0.6) is 11.5 Å². The minimum Gasteiger partial charge on any atom is -0.493 e. The van der Waals surface area contributed by atoms with Crippen LogP contribution in [0.2, 0.25) is 5.02 Å². The van der Waals surface area contributed by atoms with Crippen molar-refractivity contribution in [3.63, 3.8) is 0 Å². The maximum Gasteiger partial charge on any atom is 0.255 e. The summed E-state index contributed by atoms with van der Waals surface area (Å²) >= 11 is 6.05. The first-order valence-electron chi connectivity index (χ1n) is 10.6. The predicted molar refractivity (Wildman–Crippen MR) is 127 cm³/mol. The van der Waals surface area contributed by atoms with Crippen LogP contribution in [0.15, 0.2) is 66.7 Å². The Bertz CT molecular complexity index is 1180. The number of halogens is 1. The van der Waals surface area contributed by atoms with Gasteiger partial charge in [0.05, 0.1) is 26.7 Å². The number of methoxy groups -OCH3 is 2. The fourth-order valence-corrected chi connectivity index (χ4v) is 4.30. The molecule has 7 heteroatoms. The highest BCUT2D eigenvalue weighted by molar-refractivity contribution is 6.30. The van der Waals surface area contributed by atoms with Crippen LogP contribution in [0.4, 0.5) is 0 Å². The van der Waals surface area contributed by atoms with Crippen molar-refractivity contribution in [2.24, 2.45) is 0 Å². The highest BCUT2D eigenvalue weighted by atomic mass is 35.5. The van der Waals surface area contributed by atoms with Gasteiger partial charge in [0.2, 0.25) is 5.91 Å². The fourth-order valence-electron chi connectivity index (χ4n) is 4.09. The number of rotatable bonds is 8. The molecular weight excluding hydrogens is 440 g/mol. The third-order valence-corrected chi connectivity index (χ3v) is 6.01. The number of hydrogen-bond acceptors (Lipinski definition) is 4. The number of amides is 2. The molecule has 2 amide bonds. The van der Waals surface area contributed by atoms with Gasteiger partial charge in [-0.15, -0.1) is 0 Å². The van der Waals surface area contributed by atoms with Crippen molar-refractivity contribution in [1.29, 1.82) is 0 Å². The van der Waals surface area contributed by atoms with Crippen molar-refractivity contribution in [1.82, 2.24) is 10.2 Å². The van der Waals surface area contributed by atoms with Crippen molar-refractivity contribution in [3.8, 4) is 11.5 Å². The van der Waals surface area contributed by atoms with E-state index in [1.54, 1.807) is 31.3 Å². The average molecular weight is 465 g/mol. The third-order valence-electron chi connectivity index (χ3n) is 5.78. The Kier molecular flexibility index (Phi) is 6.84. The summed E-state index contributed by atoms with van der Waals surface area (Å²) in [5.41, 5.74) is 3.32. The smallest absolute Gasteiger partial charge is 0.255 e. The van der Waals surface area contributed by atoms with Gasteiger partial charge < -0.3 is 19.7 Å². The summed E-state index contributed by atoms with van der Waals surface area (Å²) in [5, 5.41) is 3.56. The number of nitrogens with zero attached hydrogens (tertiary/aromatic N) is 1. The molecule has 1 N–H and O–H groups in total. The number of carbonyl (C=O) groups excluding carboxylic acids is 2. The molecule has 0 fully saturated rings. The topological polar surface area (TPSA) is 67.9 Å². The first kappa shape index (κ1) is 22.7. The van der Waals surface area contributed by atoms with E-state index in [2.05, 4.69) is 5.32 Å². The Labute approximate surface area is 198 Å². The molecule has 1 aliphatic heterocycles. The molecule has 0 radical (unpaired) electrons. The number of fused-ring (bicyclic) bond motifs is 1. The SMILES string of the molecule is COc1ccc([C@@H](CC(=O)NCc2cccc(Cl)c2)N2Cc3ccccc3C2=O)cc1OC. The van der Waals surface area contributed by atoms with E-state index >= 15 is 0 Å². The van der Waals surface area contributed by atoms with Crippen molar-refractivity contribution in [2.75, 3.05) is 14.2 Å². The van der Waals surface area contributed by atoms with Gasteiger partial charge in [-0.05, 0) is 47.0 Å². The van der Waals surface area contributed by atoms with Gasteiger partial charge >= 0.3 is 0 Å². The lowest BCUT2D eigenvalue weighted by atomic mass is 10.0. The number of hydrogen-bond donors (Lipinski definition) is 1. The van der Waals surface area contributed by atoms with Gasteiger partial charge in [-0.2, -0.15) is 0 Å². The maximum atomic E-state index is 13.2. The summed E-state index contributed by atoms with van der Waals surface area (Å²) in [4.78, 5) is 27.9. The van der Waals surface area contributed by atoms with Crippen molar-refractivity contribution < 1.29 is 19.1 Å². The van der Waals surface area contributed by atoms with Crippen LogP contribution in [-0.4, -0.2) is 30.9 Å². The molecule has 170 valence electrons. The standard InChI is InChI=1S/C26H25ClN2O4/c1-32-23-11-10-18(13-24(23)33-2)22(29-16-19-7-3-4-9-21(19)26(29)31)14-25(30)28-15-17-6-5-8-20(27)12-17/h3-13,22H,14-16H2,1-2H3,(H,28,30)/t22-/m1/s1. The number of benzene rings is 3. The Balaban J connectivity index is 1.59. The van der Waals surface area contributed by atoms with Gasteiger partial charge in [0.15, 0.2) is 11.5 Å². The summed E-state index contributed by atoms with van der Waals surface area (Å²) in [7, 11) is 3.13. The van der Waals surface area contributed by atoms with Gasteiger partial charge in [-0.3, -0.25) is 9.59 Å². The molecular formula is C26H25ClN2O4. The van der Waals surface area contributed by atoms with Crippen molar-refractivity contribution in [2.45, 2.75) is 25.6 Å². The highest BCUT2D eigenvalue weighted by Gasteiger charge is 2.34. The van der Waals surface area contributed by atoms with Gasteiger partial charge in [-0.1, -0.05) is 48.0 Å². The molecule has 0 saturated carbocycles. The molecule has 1 aliphatic rings. The van der Waals surface area contributed by atoms with Gasteiger partial charge in [0.1, 0.15) is 0 Å². The summed E-state index contributed by atoms with van der Waals surface area (Å²) < 4.78 is 10.8. The molecule has 0 bridgehead atoms. The Morgan fingerprint density at radius 1 is 1.03 bits per heavy atom. The fraction of sp³-hybridized carbons (Fsp3) is 0.231. The van der Waals surface area contributed by atoms with E-state index in [9.17, 15) is 9.59 Å². The summed E-state index contributed by atoms with van der Waals surface area (Å²) in [6, 6.07) is 19.9. The largest absolute Gasteiger partial charge is 0.493 e. The normalized spacial score (nSPS) is 13.4. The minimum atomic E-state index is -0.468. The van der Waals surface area contributed by atoms with E-state index < -0.39 is 6.04 Å². The van der Waals surface area contributed by atoms with Gasteiger partial charge in [0, 0.05) is 23.7 Å². The van der Waals surface area contributed by atoms with E-state index in [1.807, 2.05) is 54.6 Å². The second-order valence-corrected chi connectivity index (χ2v) is 8.27. The van der Waals surface area contributed by atoms with E-state index in [0.717, 1.165) is 16.7 Å². The molecule has 33 heavy (non-hydrogen) atoms. The lowest BCUT2D eigenvalue weighted by Crippen LogP contribution is -2.34. The van der Waals surface area contributed by atoms with Crippen LogP contribution in [0, 0.1) is 0 Å². The van der Waals surface area contributed by atoms with E-state index in [1.165, 1.54) is 0 Å². The van der Waals surface area contributed by atoms with Gasteiger partial charge in [-0.25, -0.2) is 0 Å². The summed E-state index contributed by atoms with van der Waals surface area (Å²) in [6.07, 6.45) is 0.107. The van der Waals surface area contributed by atoms with Crippen LogP contribution in [0.1, 0.15) is 39.5 Å². The van der Waals surface area contributed by atoms with Crippen LogP contribution in [-0.2, 0) is 17.9 Å². The first-order chi connectivity index (χ1) is 16.0. The zero-order chi connectivity index (χ0) is 23.4. The molecule has 0 saturated heterocycles. The van der Waals surface area contributed by atoms with Gasteiger partial charge in [0.25, 0.3) is 5.91 Å². The quantitative estimate of drug-likeness (QED) is 0.522. The average Bonchev–Trinajstić information content (AvgIpc) is 3.17. The van der Waals surface area contributed by atoms with E-state index in [4.69, 9.17) is 21.1 Å². The lowest BCUT2D eigenvalue weighted by Gasteiger charge is -2.28. The maximum absolute atomic E-state index is 13.2. The molecule has 0 aromatic heterocycles. The van der Waals surface area contributed by atoms with Crippen LogP contribution in [0.25, 0.3) is 0 Å². The monoisotopic (exact) mass is 464 g/mol. The van der Waals surface area contributed by atoms with E-state index in [-0.39, 0.29) is 18.2 Å². The van der Waals surface area contributed by atoms with Crippen LogP contribution < -0.4 is 14.8 Å². The third kappa shape index (κ3) is 4.96. The molecule has 4 rings (SSSR count). The molecule has 1 heterocycles. The van der Waals surface area contributed by atoms with Crippen LogP contribution in [0.3, 0.4) is 0 Å². The predicted octanol–water partition coefficient (Wildman–Crippen LogP) is 4.76. The molecule has 0 aliphatic carbocycles. The van der Waals surface area contributed by atoms with Crippen LogP contribution >= 0.6 is 11.6 Å². The Hall–Kier alpha value is -3.51. The molecule has 0 unspecified atom stereocenters. The molecule has 1 atom stereocenters. The summed E-state index contributed by atoms with van der Waals surface area (Å²) in [6.45, 7) is 0.793. The lowest BCUT2D eigenvalue weighted by molar-refractivity contribution is -0.122. The van der Waals surface area contributed by atoms with Crippen molar-refractivity contribution in [3.05, 3.63) is 94.0 Å². The highest BCUT2D eigenvalue weighted by Crippen LogP contribution is 2.37. The zero-order valence-corrected chi connectivity index (χ0v) is 19.3. The Morgan fingerprint density at radius 2 is 1.82 bits per heavy atom. The molecule has 3 aromatic rings. The Morgan fingerprint density at radius 3 is 2.55 bits per heavy atom. The number of ether oxygens (including phenoxy) is 2. The number of nitrogens with one attached hydrogen (secondary N) is 1. The second-order valence-electron chi connectivity index (χ2n) is 7.83. The molecule has 6 nitrogen and oxygen atoms in total. The molecule has 0 spiro atoms. The molecule has 3 aromatic carbocycles. The van der Waals surface area contributed by atoms with Crippen molar-refractivity contribution >= 4 is 23.4 Å². The number of carbonyl (C=O) groups is 2. The zero-order valence-electron chi connectivity index (χ0n) is 18.5. The second kappa shape index (κ2) is 9.96. The summed E-state index contributed by atoms with van der Waals surface area (Å²) in [5.74, 6) is 0.872.